The molecule has 0 aliphatic carbocycles. The number of carbonyl (C=O) groups excluding carboxylic acids is 1. The SMILES string of the molecule is CC(C)(C)c1csc(COc2cccc(NC(=O)OCc3ccc([N+](=O)[O-])cc3)c2)n1. The van der Waals surface area contributed by atoms with Crippen molar-refractivity contribution in [3.63, 3.8) is 0 Å². The lowest BCUT2D eigenvalue weighted by atomic mass is 9.93. The van der Waals surface area contributed by atoms with Crippen molar-refractivity contribution in [2.45, 2.75) is 39.4 Å². The highest BCUT2D eigenvalue weighted by atomic mass is 32.1. The van der Waals surface area contributed by atoms with Crippen LogP contribution >= 0.6 is 11.3 Å². The average molecular weight is 442 g/mol. The molecular weight excluding hydrogens is 418 g/mol. The van der Waals surface area contributed by atoms with E-state index < -0.39 is 11.0 Å². The van der Waals surface area contributed by atoms with E-state index in [1.165, 1.54) is 12.1 Å². The molecule has 8 nitrogen and oxygen atoms in total. The van der Waals surface area contributed by atoms with E-state index in [0.29, 0.717) is 23.6 Å². The molecule has 31 heavy (non-hydrogen) atoms. The highest BCUT2D eigenvalue weighted by Crippen LogP contribution is 2.25. The van der Waals surface area contributed by atoms with E-state index in [0.717, 1.165) is 10.7 Å². The summed E-state index contributed by atoms with van der Waals surface area (Å²) in [7, 11) is 0. The fraction of sp³-hybridized carbons (Fsp3) is 0.273. The second-order valence-electron chi connectivity index (χ2n) is 7.82. The molecule has 9 heteroatoms. The van der Waals surface area contributed by atoms with Gasteiger partial charge in [-0.25, -0.2) is 9.78 Å². The molecule has 0 bridgehead atoms. The van der Waals surface area contributed by atoms with Crippen LogP contribution in [0, 0.1) is 10.1 Å². The third-order valence-electron chi connectivity index (χ3n) is 4.28. The van der Waals surface area contributed by atoms with Gasteiger partial charge in [0, 0.05) is 34.7 Å². The van der Waals surface area contributed by atoms with Crippen LogP contribution in [0.5, 0.6) is 5.75 Å². The third kappa shape index (κ3) is 6.51. The van der Waals surface area contributed by atoms with Gasteiger partial charge in [0.05, 0.1) is 10.6 Å². The number of hydrogen-bond donors (Lipinski definition) is 1. The Balaban J connectivity index is 1.50. The maximum absolute atomic E-state index is 12.1. The van der Waals surface area contributed by atoms with Crippen molar-refractivity contribution in [2.75, 3.05) is 5.32 Å². The van der Waals surface area contributed by atoms with Crippen molar-refractivity contribution < 1.29 is 19.2 Å². The molecule has 0 saturated heterocycles. The second-order valence-corrected chi connectivity index (χ2v) is 8.76. The van der Waals surface area contributed by atoms with Crippen LogP contribution in [0.2, 0.25) is 0 Å². The predicted molar refractivity (Wildman–Crippen MR) is 118 cm³/mol. The summed E-state index contributed by atoms with van der Waals surface area (Å²) in [5.74, 6) is 0.598. The molecule has 0 spiro atoms. The van der Waals surface area contributed by atoms with Gasteiger partial charge in [-0.2, -0.15) is 0 Å². The number of anilines is 1. The quantitative estimate of drug-likeness (QED) is 0.374. The van der Waals surface area contributed by atoms with Crippen LogP contribution in [0.3, 0.4) is 0 Å². The highest BCUT2D eigenvalue weighted by molar-refractivity contribution is 7.09. The van der Waals surface area contributed by atoms with Crippen LogP contribution in [0.15, 0.2) is 53.9 Å². The number of rotatable bonds is 7. The molecule has 1 N–H and O–H groups in total. The molecule has 1 amide bonds. The molecule has 1 heterocycles. The first-order valence-corrected chi connectivity index (χ1v) is 10.4. The summed E-state index contributed by atoms with van der Waals surface area (Å²) >= 11 is 1.55. The minimum atomic E-state index is -0.634. The van der Waals surface area contributed by atoms with Crippen molar-refractivity contribution in [2.24, 2.45) is 0 Å². The van der Waals surface area contributed by atoms with E-state index in [1.54, 1.807) is 47.7 Å². The van der Waals surface area contributed by atoms with E-state index in [1.807, 2.05) is 5.38 Å². The Morgan fingerprint density at radius 3 is 2.55 bits per heavy atom. The Labute approximate surface area is 184 Å². The molecule has 162 valence electrons. The number of carbonyl (C=O) groups is 1. The number of hydrogen-bond acceptors (Lipinski definition) is 7. The van der Waals surface area contributed by atoms with Crippen molar-refractivity contribution in [1.29, 1.82) is 0 Å². The van der Waals surface area contributed by atoms with Gasteiger partial charge in [-0.15, -0.1) is 11.3 Å². The summed E-state index contributed by atoms with van der Waals surface area (Å²) in [5, 5.41) is 16.2. The van der Waals surface area contributed by atoms with E-state index in [-0.39, 0.29) is 17.7 Å². The number of thiazole rings is 1. The topological polar surface area (TPSA) is 104 Å². The lowest BCUT2D eigenvalue weighted by molar-refractivity contribution is -0.384. The van der Waals surface area contributed by atoms with E-state index in [9.17, 15) is 14.9 Å². The summed E-state index contributed by atoms with van der Waals surface area (Å²) in [6.07, 6.45) is -0.634. The highest BCUT2D eigenvalue weighted by Gasteiger charge is 2.17. The Morgan fingerprint density at radius 2 is 1.90 bits per heavy atom. The Kier molecular flexibility index (Phi) is 6.86. The lowest BCUT2D eigenvalue weighted by Crippen LogP contribution is -2.13. The first-order valence-electron chi connectivity index (χ1n) is 9.55. The molecule has 0 unspecified atom stereocenters. The maximum Gasteiger partial charge on any atom is 0.411 e. The number of nitro benzene ring substituents is 1. The molecule has 1 aromatic heterocycles. The number of nitro groups is 1. The van der Waals surface area contributed by atoms with Gasteiger partial charge >= 0.3 is 6.09 Å². The largest absolute Gasteiger partial charge is 0.486 e. The molecule has 3 aromatic rings. The van der Waals surface area contributed by atoms with Gasteiger partial charge in [-0.05, 0) is 29.8 Å². The zero-order valence-corrected chi connectivity index (χ0v) is 18.3. The number of amides is 1. The number of non-ortho nitro benzene ring substituents is 1. The molecule has 0 aliphatic heterocycles. The average Bonchev–Trinajstić information content (AvgIpc) is 3.21. The standard InChI is InChI=1S/C22H23N3O5S/c1-22(2,3)19-14-31-20(24-19)13-29-18-6-4-5-16(11-18)23-21(26)30-12-15-7-9-17(10-8-15)25(27)28/h4-11,14H,12-13H2,1-3H3,(H,23,26). The second kappa shape index (κ2) is 9.57. The Bertz CT molecular complexity index is 1060. The van der Waals surface area contributed by atoms with Gasteiger partial charge in [0.25, 0.3) is 5.69 Å². The summed E-state index contributed by atoms with van der Waals surface area (Å²) < 4.78 is 11.0. The third-order valence-corrected chi connectivity index (χ3v) is 5.10. The van der Waals surface area contributed by atoms with Gasteiger partial charge in [-0.3, -0.25) is 15.4 Å². The van der Waals surface area contributed by atoms with Crippen LogP contribution < -0.4 is 10.1 Å². The maximum atomic E-state index is 12.1. The normalized spacial score (nSPS) is 11.1. The van der Waals surface area contributed by atoms with Crippen molar-refractivity contribution in [3.8, 4) is 5.75 Å². The molecule has 0 radical (unpaired) electrons. The minimum absolute atomic E-state index is 0.000174. The predicted octanol–water partition coefficient (Wildman–Crippen LogP) is 5.68. The van der Waals surface area contributed by atoms with Crippen LogP contribution in [0.25, 0.3) is 0 Å². The molecule has 2 aromatic carbocycles. The molecule has 0 atom stereocenters. The van der Waals surface area contributed by atoms with E-state index in [4.69, 9.17) is 9.47 Å². The molecule has 0 fully saturated rings. The van der Waals surface area contributed by atoms with Gasteiger partial charge in [0.2, 0.25) is 0 Å². The van der Waals surface area contributed by atoms with E-state index in [2.05, 4.69) is 31.1 Å². The fourth-order valence-corrected chi connectivity index (χ4v) is 3.48. The summed E-state index contributed by atoms with van der Waals surface area (Å²) in [6, 6.07) is 12.8. The fourth-order valence-electron chi connectivity index (χ4n) is 2.55. The first kappa shape index (κ1) is 22.2. The summed E-state index contributed by atoms with van der Waals surface area (Å²) in [6.45, 7) is 6.68. The van der Waals surface area contributed by atoms with Crippen molar-refractivity contribution >= 4 is 28.8 Å². The summed E-state index contributed by atoms with van der Waals surface area (Å²) in [4.78, 5) is 26.9. The molecule has 3 rings (SSSR count). The Morgan fingerprint density at radius 1 is 1.16 bits per heavy atom. The number of nitrogens with zero attached hydrogens (tertiary/aromatic N) is 2. The molecule has 0 aliphatic rings. The minimum Gasteiger partial charge on any atom is -0.486 e. The zero-order chi connectivity index (χ0) is 22.4. The van der Waals surface area contributed by atoms with Crippen LogP contribution in [0.1, 0.15) is 37.0 Å². The number of aromatic nitrogens is 1. The monoisotopic (exact) mass is 441 g/mol. The van der Waals surface area contributed by atoms with Crippen molar-refractivity contribution in [3.05, 3.63) is 80.3 Å². The number of nitrogens with one attached hydrogen (secondary N) is 1. The zero-order valence-electron chi connectivity index (χ0n) is 17.5. The van der Waals surface area contributed by atoms with Gasteiger partial charge in [0.15, 0.2) is 0 Å². The van der Waals surface area contributed by atoms with Crippen LogP contribution in [-0.2, 0) is 23.4 Å². The van der Waals surface area contributed by atoms with Crippen LogP contribution in [0.4, 0.5) is 16.2 Å². The van der Waals surface area contributed by atoms with Gasteiger partial charge < -0.3 is 9.47 Å². The lowest BCUT2D eigenvalue weighted by Gasteiger charge is -2.14. The number of benzene rings is 2. The smallest absolute Gasteiger partial charge is 0.411 e. The molecular formula is C22H23N3O5S. The first-order chi connectivity index (χ1) is 14.7. The Hall–Kier alpha value is -3.46. The van der Waals surface area contributed by atoms with Gasteiger partial charge in [-0.1, -0.05) is 26.8 Å². The summed E-state index contributed by atoms with van der Waals surface area (Å²) in [5.41, 5.74) is 2.18. The van der Waals surface area contributed by atoms with Gasteiger partial charge in [0.1, 0.15) is 24.0 Å². The number of ether oxygens (including phenoxy) is 2. The van der Waals surface area contributed by atoms with Crippen LogP contribution in [-0.4, -0.2) is 16.0 Å². The van der Waals surface area contributed by atoms with E-state index >= 15 is 0 Å². The van der Waals surface area contributed by atoms with Crippen molar-refractivity contribution in [1.82, 2.24) is 4.98 Å². The molecule has 0 saturated carbocycles.